The van der Waals surface area contributed by atoms with E-state index in [1.54, 1.807) is 21.0 Å². The van der Waals surface area contributed by atoms with Gasteiger partial charge in [0.15, 0.2) is 5.78 Å². The average molecular weight is 411 g/mol. The van der Waals surface area contributed by atoms with Crippen LogP contribution in [0.3, 0.4) is 0 Å². The van der Waals surface area contributed by atoms with Crippen LogP contribution in [0.2, 0.25) is 0 Å². The van der Waals surface area contributed by atoms with E-state index in [-0.39, 0.29) is 17.8 Å². The fourth-order valence-corrected chi connectivity index (χ4v) is 2.83. The molecule has 0 radical (unpaired) electrons. The third-order valence-corrected chi connectivity index (χ3v) is 4.60. The van der Waals surface area contributed by atoms with E-state index in [0.717, 1.165) is 22.4 Å². The maximum absolute atomic E-state index is 11.6. The van der Waals surface area contributed by atoms with Crippen molar-refractivity contribution >= 4 is 11.8 Å². The van der Waals surface area contributed by atoms with Crippen LogP contribution in [0.1, 0.15) is 43.6 Å². The fourth-order valence-electron chi connectivity index (χ4n) is 2.83. The molecule has 5 heteroatoms. The number of ether oxygens (including phenoxy) is 3. The molecule has 2 rings (SSSR count). The van der Waals surface area contributed by atoms with Crippen LogP contribution >= 0.6 is 0 Å². The van der Waals surface area contributed by atoms with Gasteiger partial charge in [-0.05, 0) is 37.1 Å². The van der Waals surface area contributed by atoms with Crippen molar-refractivity contribution in [3.05, 3.63) is 65.7 Å². The van der Waals surface area contributed by atoms with Crippen LogP contribution in [-0.2, 0) is 20.9 Å². The molecular formula is C25H30O5. The maximum Gasteiger partial charge on any atom is 0.333 e. The van der Waals surface area contributed by atoms with E-state index in [4.69, 9.17) is 14.2 Å². The Kier molecular flexibility index (Phi) is 7.95. The van der Waals surface area contributed by atoms with Crippen molar-refractivity contribution in [1.29, 1.82) is 0 Å². The zero-order valence-corrected chi connectivity index (χ0v) is 18.4. The molecule has 0 aromatic heterocycles. The standard InChI is InChI=1S/C25H30O5/c1-17(2)24(27)30-16-25(4,5)15-29-14-22-13-21(11-12-23(22)28-6)20-9-7-19(8-10-20)18(3)26/h7-13H,1,14-16H2,2-6H3. The number of methoxy groups -OCH3 is 1. The van der Waals surface area contributed by atoms with Crippen LogP contribution in [0.5, 0.6) is 5.75 Å². The number of carbonyl (C=O) groups is 2. The SMILES string of the molecule is C=C(C)C(=O)OCC(C)(C)COCc1cc(-c2ccc(C(C)=O)cc2)ccc1OC. The van der Waals surface area contributed by atoms with Crippen LogP contribution in [-0.4, -0.2) is 32.1 Å². The van der Waals surface area contributed by atoms with Gasteiger partial charge in [0, 0.05) is 22.1 Å². The van der Waals surface area contributed by atoms with Gasteiger partial charge in [0.1, 0.15) is 5.75 Å². The first-order valence-corrected chi connectivity index (χ1v) is 9.81. The smallest absolute Gasteiger partial charge is 0.333 e. The van der Waals surface area contributed by atoms with Crippen LogP contribution < -0.4 is 4.74 Å². The van der Waals surface area contributed by atoms with Gasteiger partial charge in [-0.2, -0.15) is 0 Å². The van der Waals surface area contributed by atoms with Crippen molar-refractivity contribution in [1.82, 2.24) is 0 Å². The highest BCUT2D eigenvalue weighted by Crippen LogP contribution is 2.28. The monoisotopic (exact) mass is 410 g/mol. The Morgan fingerprint density at radius 1 is 0.967 bits per heavy atom. The molecule has 0 fully saturated rings. The number of ketones is 1. The predicted octanol–water partition coefficient (Wildman–Crippen LogP) is 5.23. The quantitative estimate of drug-likeness (QED) is 0.305. The number of hydrogen-bond acceptors (Lipinski definition) is 5. The summed E-state index contributed by atoms with van der Waals surface area (Å²) in [4.78, 5) is 23.1. The van der Waals surface area contributed by atoms with Crippen molar-refractivity contribution in [3.63, 3.8) is 0 Å². The third-order valence-electron chi connectivity index (χ3n) is 4.60. The van der Waals surface area contributed by atoms with E-state index < -0.39 is 5.97 Å². The molecule has 160 valence electrons. The van der Waals surface area contributed by atoms with Crippen LogP contribution in [0.25, 0.3) is 11.1 Å². The summed E-state index contributed by atoms with van der Waals surface area (Å²) in [6.45, 7) is 11.7. The second-order valence-corrected chi connectivity index (χ2v) is 8.17. The van der Waals surface area contributed by atoms with Crippen LogP contribution in [0.4, 0.5) is 0 Å². The second kappa shape index (κ2) is 10.2. The molecule has 30 heavy (non-hydrogen) atoms. The summed E-state index contributed by atoms with van der Waals surface area (Å²) in [5.41, 5.74) is 3.67. The summed E-state index contributed by atoms with van der Waals surface area (Å²) in [6, 6.07) is 13.4. The largest absolute Gasteiger partial charge is 0.496 e. The van der Waals surface area contributed by atoms with E-state index in [1.807, 2.05) is 56.3 Å². The third kappa shape index (κ3) is 6.56. The lowest BCUT2D eigenvalue weighted by atomic mass is 9.96. The van der Waals surface area contributed by atoms with Crippen molar-refractivity contribution in [2.45, 2.75) is 34.3 Å². The molecule has 2 aromatic rings. The van der Waals surface area contributed by atoms with E-state index in [9.17, 15) is 9.59 Å². The molecule has 5 nitrogen and oxygen atoms in total. The molecule has 2 aromatic carbocycles. The van der Waals surface area contributed by atoms with Crippen LogP contribution in [0, 0.1) is 5.41 Å². The number of Topliss-reactive ketones (excluding diaryl/α,β-unsaturated/α-hetero) is 1. The van der Waals surface area contributed by atoms with E-state index in [0.29, 0.717) is 24.4 Å². The van der Waals surface area contributed by atoms with Gasteiger partial charge in [-0.25, -0.2) is 4.79 Å². The van der Waals surface area contributed by atoms with Gasteiger partial charge in [0.25, 0.3) is 0 Å². The van der Waals surface area contributed by atoms with Crippen molar-refractivity contribution in [3.8, 4) is 16.9 Å². The Morgan fingerprint density at radius 2 is 1.60 bits per heavy atom. The topological polar surface area (TPSA) is 61.8 Å². The van der Waals surface area contributed by atoms with Crippen molar-refractivity contribution in [2.75, 3.05) is 20.3 Å². The average Bonchev–Trinajstić information content (AvgIpc) is 2.71. The predicted molar refractivity (Wildman–Crippen MR) is 118 cm³/mol. The minimum Gasteiger partial charge on any atom is -0.496 e. The highest BCUT2D eigenvalue weighted by Gasteiger charge is 2.21. The molecule has 0 bridgehead atoms. The Labute approximate surface area is 178 Å². The summed E-state index contributed by atoms with van der Waals surface area (Å²) >= 11 is 0. The molecular weight excluding hydrogens is 380 g/mol. The lowest BCUT2D eigenvalue weighted by molar-refractivity contribution is -0.143. The Morgan fingerprint density at radius 3 is 2.17 bits per heavy atom. The van der Waals surface area contributed by atoms with Gasteiger partial charge in [-0.1, -0.05) is 50.8 Å². The van der Waals surface area contributed by atoms with E-state index in [1.165, 1.54) is 0 Å². The van der Waals surface area contributed by atoms with Gasteiger partial charge in [-0.15, -0.1) is 0 Å². The summed E-state index contributed by atoms with van der Waals surface area (Å²) in [5, 5.41) is 0. The summed E-state index contributed by atoms with van der Waals surface area (Å²) in [7, 11) is 1.63. The molecule has 0 heterocycles. The van der Waals surface area contributed by atoms with Gasteiger partial charge in [0.2, 0.25) is 0 Å². The van der Waals surface area contributed by atoms with Crippen LogP contribution in [0.15, 0.2) is 54.6 Å². The van der Waals surface area contributed by atoms with Crippen molar-refractivity contribution in [2.24, 2.45) is 5.41 Å². The number of carbonyl (C=O) groups excluding carboxylic acids is 2. The highest BCUT2D eigenvalue weighted by atomic mass is 16.5. The van der Waals surface area contributed by atoms with E-state index in [2.05, 4.69) is 6.58 Å². The Hall–Kier alpha value is -2.92. The fraction of sp³-hybridized carbons (Fsp3) is 0.360. The molecule has 0 aliphatic heterocycles. The van der Waals surface area contributed by atoms with Gasteiger partial charge < -0.3 is 14.2 Å². The number of benzene rings is 2. The zero-order chi connectivity index (χ0) is 22.3. The number of rotatable bonds is 10. The molecule has 0 N–H and O–H groups in total. The first-order valence-electron chi connectivity index (χ1n) is 9.81. The molecule has 0 saturated heterocycles. The normalized spacial score (nSPS) is 11.1. The van der Waals surface area contributed by atoms with Gasteiger partial charge in [0.05, 0.1) is 26.9 Å². The molecule has 0 aliphatic rings. The second-order valence-electron chi connectivity index (χ2n) is 8.17. The maximum atomic E-state index is 11.6. The first kappa shape index (κ1) is 23.4. The molecule has 0 aliphatic carbocycles. The molecule has 0 saturated carbocycles. The molecule has 0 spiro atoms. The molecule has 0 atom stereocenters. The lowest BCUT2D eigenvalue weighted by Gasteiger charge is -2.24. The zero-order valence-electron chi connectivity index (χ0n) is 18.4. The minimum absolute atomic E-state index is 0.0434. The van der Waals surface area contributed by atoms with Gasteiger partial charge >= 0.3 is 5.97 Å². The Balaban J connectivity index is 2.06. The molecule has 0 amide bonds. The van der Waals surface area contributed by atoms with Gasteiger partial charge in [-0.3, -0.25) is 4.79 Å². The Bertz CT molecular complexity index is 910. The summed E-state index contributed by atoms with van der Waals surface area (Å²) in [5.74, 6) is 0.390. The number of esters is 1. The summed E-state index contributed by atoms with van der Waals surface area (Å²) < 4.78 is 16.6. The first-order chi connectivity index (χ1) is 14.1. The van der Waals surface area contributed by atoms with Crippen molar-refractivity contribution < 1.29 is 23.8 Å². The minimum atomic E-state index is -0.395. The lowest BCUT2D eigenvalue weighted by Crippen LogP contribution is -2.27. The highest BCUT2D eigenvalue weighted by molar-refractivity contribution is 5.94. The van der Waals surface area contributed by atoms with E-state index >= 15 is 0 Å². The summed E-state index contributed by atoms with van der Waals surface area (Å²) in [6.07, 6.45) is 0. The molecule has 0 unspecified atom stereocenters. The number of hydrogen-bond donors (Lipinski definition) is 0.